The lowest BCUT2D eigenvalue weighted by Gasteiger charge is -2.13. The van der Waals surface area contributed by atoms with E-state index in [1.165, 1.54) is 19.2 Å². The summed E-state index contributed by atoms with van der Waals surface area (Å²) in [5.41, 5.74) is 2.73. The fourth-order valence-electron chi connectivity index (χ4n) is 3.08. The maximum atomic E-state index is 12.2. The number of carbonyl (C=O) groups is 2. The molecule has 0 saturated carbocycles. The highest BCUT2D eigenvalue weighted by molar-refractivity contribution is 5.94. The Morgan fingerprint density at radius 3 is 1.89 bits per heavy atom. The van der Waals surface area contributed by atoms with Gasteiger partial charge in [0, 0.05) is 0 Å². The second-order valence-corrected chi connectivity index (χ2v) is 6.25. The Bertz CT molecular complexity index is 970. The molecule has 1 aliphatic rings. The van der Waals surface area contributed by atoms with Crippen LogP contribution in [-0.2, 0) is 9.47 Å². The highest BCUT2D eigenvalue weighted by Gasteiger charge is 2.21. The topological polar surface area (TPSA) is 76.7 Å². The Kier molecular flexibility index (Phi) is 4.38. The van der Waals surface area contributed by atoms with Crippen LogP contribution in [0.5, 0.6) is 0 Å². The van der Waals surface area contributed by atoms with Gasteiger partial charge in [0.1, 0.15) is 12.8 Å². The molecule has 3 aromatic rings. The van der Waals surface area contributed by atoms with E-state index < -0.39 is 11.9 Å². The molecule has 0 unspecified atom stereocenters. The van der Waals surface area contributed by atoms with Gasteiger partial charge in [-0.25, -0.2) is 9.59 Å². The third kappa shape index (κ3) is 3.42. The number of hydrogen-bond donors (Lipinski definition) is 2. The summed E-state index contributed by atoms with van der Waals surface area (Å²) in [5.74, 6) is -0.893. The molecule has 0 bridgehead atoms. The Balaban J connectivity index is 1.38. The smallest absolute Gasteiger partial charge is 0.338 e. The van der Waals surface area contributed by atoms with E-state index in [4.69, 9.17) is 4.74 Å². The molecule has 0 radical (unpaired) electrons. The number of methoxy groups -OCH3 is 1. The Labute approximate surface area is 156 Å². The van der Waals surface area contributed by atoms with Crippen LogP contribution in [0.1, 0.15) is 20.7 Å². The van der Waals surface area contributed by atoms with E-state index in [0.717, 1.165) is 22.1 Å². The van der Waals surface area contributed by atoms with E-state index in [2.05, 4.69) is 39.6 Å². The zero-order valence-electron chi connectivity index (χ0n) is 14.7. The normalized spacial score (nSPS) is 12.8. The van der Waals surface area contributed by atoms with Gasteiger partial charge in [-0.3, -0.25) is 0 Å². The SMILES string of the molecule is COC(=O)c1ccc(C(=O)OCC2Nc3cc4ccccc4cc3N2)cc1. The number of anilines is 2. The molecule has 1 heterocycles. The molecule has 0 aliphatic carbocycles. The van der Waals surface area contributed by atoms with Crippen molar-refractivity contribution >= 4 is 34.1 Å². The van der Waals surface area contributed by atoms with E-state index in [-0.39, 0.29) is 12.8 Å². The van der Waals surface area contributed by atoms with Crippen LogP contribution in [0.4, 0.5) is 11.4 Å². The van der Waals surface area contributed by atoms with Crippen LogP contribution in [0, 0.1) is 0 Å². The standard InChI is InChI=1S/C21H18N2O4/c1-26-20(24)13-6-8-14(9-7-13)21(25)27-12-19-22-17-10-15-4-2-3-5-16(15)11-18(17)23-19/h2-11,19,22-23H,12H2,1H3. The molecule has 4 rings (SSSR count). The predicted octanol–water partition coefficient (Wildman–Crippen LogP) is 3.65. The van der Waals surface area contributed by atoms with E-state index in [0.29, 0.717) is 11.1 Å². The average molecular weight is 362 g/mol. The van der Waals surface area contributed by atoms with E-state index in [9.17, 15) is 9.59 Å². The second kappa shape index (κ2) is 6.99. The van der Waals surface area contributed by atoms with E-state index in [1.807, 2.05) is 12.1 Å². The molecule has 0 atom stereocenters. The molecule has 27 heavy (non-hydrogen) atoms. The van der Waals surface area contributed by atoms with Crippen LogP contribution in [-0.4, -0.2) is 31.8 Å². The minimum atomic E-state index is -0.448. The Morgan fingerprint density at radius 1 is 0.852 bits per heavy atom. The van der Waals surface area contributed by atoms with Crippen molar-refractivity contribution in [2.75, 3.05) is 24.4 Å². The van der Waals surface area contributed by atoms with Gasteiger partial charge < -0.3 is 20.1 Å². The van der Waals surface area contributed by atoms with E-state index in [1.54, 1.807) is 12.1 Å². The lowest BCUT2D eigenvalue weighted by atomic mass is 10.1. The minimum Gasteiger partial charge on any atom is -0.465 e. The molecule has 3 aromatic carbocycles. The monoisotopic (exact) mass is 362 g/mol. The molecule has 136 valence electrons. The van der Waals surface area contributed by atoms with Crippen molar-refractivity contribution in [2.45, 2.75) is 6.17 Å². The van der Waals surface area contributed by atoms with Crippen molar-refractivity contribution in [1.82, 2.24) is 0 Å². The minimum absolute atomic E-state index is 0.169. The third-order valence-electron chi connectivity index (χ3n) is 4.47. The Morgan fingerprint density at radius 2 is 1.37 bits per heavy atom. The third-order valence-corrected chi connectivity index (χ3v) is 4.47. The summed E-state index contributed by atoms with van der Waals surface area (Å²) in [6, 6.07) is 18.4. The molecule has 6 heteroatoms. The zero-order valence-corrected chi connectivity index (χ0v) is 14.7. The van der Waals surface area contributed by atoms with Crippen molar-refractivity contribution in [3.8, 4) is 0 Å². The van der Waals surface area contributed by atoms with E-state index >= 15 is 0 Å². The lowest BCUT2D eigenvalue weighted by Crippen LogP contribution is -2.29. The van der Waals surface area contributed by atoms with Gasteiger partial charge in [0.05, 0.1) is 29.6 Å². The number of hydrogen-bond acceptors (Lipinski definition) is 6. The average Bonchev–Trinajstić information content (AvgIpc) is 3.11. The molecule has 0 fully saturated rings. The van der Waals surface area contributed by atoms with Gasteiger partial charge >= 0.3 is 11.9 Å². The maximum absolute atomic E-state index is 12.2. The summed E-state index contributed by atoms with van der Waals surface area (Å²) in [7, 11) is 1.31. The molecular weight excluding hydrogens is 344 g/mol. The summed E-state index contributed by atoms with van der Waals surface area (Å²) in [6.45, 7) is 0.169. The molecule has 0 aromatic heterocycles. The lowest BCUT2D eigenvalue weighted by molar-refractivity contribution is 0.0496. The number of carbonyl (C=O) groups excluding carboxylic acids is 2. The summed E-state index contributed by atoms with van der Waals surface area (Å²) >= 11 is 0. The van der Waals surface area contributed by atoms with Gasteiger partial charge in [-0.15, -0.1) is 0 Å². The molecule has 0 amide bonds. The van der Waals surface area contributed by atoms with Crippen molar-refractivity contribution < 1.29 is 19.1 Å². The van der Waals surface area contributed by atoms with Crippen LogP contribution in [0.25, 0.3) is 10.8 Å². The molecule has 0 saturated heterocycles. The van der Waals surface area contributed by atoms with Crippen molar-refractivity contribution in [1.29, 1.82) is 0 Å². The fraction of sp³-hybridized carbons (Fsp3) is 0.143. The van der Waals surface area contributed by atoms with Gasteiger partial charge in [0.25, 0.3) is 0 Å². The quantitative estimate of drug-likeness (QED) is 0.690. The van der Waals surface area contributed by atoms with Gasteiger partial charge in [-0.2, -0.15) is 0 Å². The molecule has 2 N–H and O–H groups in total. The molecule has 1 aliphatic heterocycles. The zero-order chi connectivity index (χ0) is 18.8. The first-order valence-corrected chi connectivity index (χ1v) is 8.55. The first-order valence-electron chi connectivity index (χ1n) is 8.55. The molecular formula is C21H18N2O4. The van der Waals surface area contributed by atoms with Gasteiger partial charge in [0.15, 0.2) is 0 Å². The Hall–Kier alpha value is -3.54. The summed E-state index contributed by atoms with van der Waals surface area (Å²) in [5, 5.41) is 8.93. The van der Waals surface area contributed by atoms with Crippen LogP contribution >= 0.6 is 0 Å². The summed E-state index contributed by atoms with van der Waals surface area (Å²) in [6.07, 6.45) is -0.199. The number of nitrogens with one attached hydrogen (secondary N) is 2. The fourth-order valence-corrected chi connectivity index (χ4v) is 3.08. The van der Waals surface area contributed by atoms with Gasteiger partial charge in [-0.05, 0) is 47.2 Å². The highest BCUT2D eigenvalue weighted by Crippen LogP contribution is 2.33. The number of ether oxygens (including phenoxy) is 2. The van der Waals surface area contributed by atoms with Gasteiger partial charge in [0.2, 0.25) is 0 Å². The number of fused-ring (bicyclic) bond motifs is 2. The summed E-state index contributed by atoms with van der Waals surface area (Å²) in [4.78, 5) is 23.7. The summed E-state index contributed by atoms with van der Waals surface area (Å²) < 4.78 is 10.0. The number of esters is 2. The first-order chi connectivity index (χ1) is 13.1. The van der Waals surface area contributed by atoms with Crippen molar-refractivity contribution in [3.63, 3.8) is 0 Å². The van der Waals surface area contributed by atoms with Crippen LogP contribution in [0.2, 0.25) is 0 Å². The van der Waals surface area contributed by atoms with Crippen molar-refractivity contribution in [2.24, 2.45) is 0 Å². The second-order valence-electron chi connectivity index (χ2n) is 6.25. The van der Waals surface area contributed by atoms with Crippen molar-refractivity contribution in [3.05, 3.63) is 71.8 Å². The number of rotatable bonds is 4. The molecule has 6 nitrogen and oxygen atoms in total. The number of benzene rings is 3. The predicted molar refractivity (Wildman–Crippen MR) is 103 cm³/mol. The maximum Gasteiger partial charge on any atom is 0.338 e. The largest absolute Gasteiger partial charge is 0.465 e. The first kappa shape index (κ1) is 16.9. The van der Waals surface area contributed by atoms with Crippen LogP contribution in [0.3, 0.4) is 0 Å². The van der Waals surface area contributed by atoms with Gasteiger partial charge in [-0.1, -0.05) is 24.3 Å². The van der Waals surface area contributed by atoms with Crippen LogP contribution in [0.15, 0.2) is 60.7 Å². The highest BCUT2D eigenvalue weighted by atomic mass is 16.5. The van der Waals surface area contributed by atoms with Crippen LogP contribution < -0.4 is 10.6 Å². The molecule has 0 spiro atoms.